The summed E-state index contributed by atoms with van der Waals surface area (Å²) in [5, 5.41) is 7.09. The van der Waals surface area contributed by atoms with Crippen LogP contribution < -0.4 is 10.6 Å². The van der Waals surface area contributed by atoms with E-state index in [1.165, 1.54) is 0 Å². The zero-order valence-electron chi connectivity index (χ0n) is 12.6. The molecule has 0 radical (unpaired) electrons. The standard InChI is InChI=1S/C16H23ClN2O2/c1-3-8-18-15-10-21-9-13(15)16(20)19-11(2)12-6-4-5-7-14(12)17/h4-7,11,13,15,18H,3,8-10H2,1-2H3,(H,19,20)/t11-,13?,15?/m1/s1. The Morgan fingerprint density at radius 2 is 2.19 bits per heavy atom. The Bertz CT molecular complexity index is 481. The minimum atomic E-state index is -0.138. The van der Waals surface area contributed by atoms with Crippen LogP contribution in [-0.4, -0.2) is 31.7 Å². The normalized spacial score (nSPS) is 23.0. The monoisotopic (exact) mass is 310 g/mol. The van der Waals surface area contributed by atoms with Crippen molar-refractivity contribution in [1.29, 1.82) is 0 Å². The Hall–Kier alpha value is -1.10. The molecule has 116 valence electrons. The highest BCUT2D eigenvalue weighted by atomic mass is 35.5. The fourth-order valence-electron chi connectivity index (χ4n) is 2.57. The highest BCUT2D eigenvalue weighted by Gasteiger charge is 2.34. The van der Waals surface area contributed by atoms with Gasteiger partial charge in [0.1, 0.15) is 0 Å². The van der Waals surface area contributed by atoms with E-state index in [1.54, 1.807) is 0 Å². The van der Waals surface area contributed by atoms with Crippen molar-refractivity contribution in [3.8, 4) is 0 Å². The lowest BCUT2D eigenvalue weighted by molar-refractivity contribution is -0.126. The topological polar surface area (TPSA) is 50.4 Å². The van der Waals surface area contributed by atoms with Gasteiger partial charge in [-0.1, -0.05) is 36.7 Å². The zero-order chi connectivity index (χ0) is 15.2. The summed E-state index contributed by atoms with van der Waals surface area (Å²) in [6, 6.07) is 7.57. The molecule has 1 aromatic rings. The molecule has 0 aliphatic carbocycles. The molecule has 0 bridgehead atoms. The number of hydrogen-bond acceptors (Lipinski definition) is 3. The molecule has 1 fully saturated rings. The molecule has 4 nitrogen and oxygen atoms in total. The molecule has 0 saturated carbocycles. The molecule has 1 aliphatic rings. The van der Waals surface area contributed by atoms with E-state index in [1.807, 2.05) is 31.2 Å². The molecule has 1 aromatic carbocycles. The fraction of sp³-hybridized carbons (Fsp3) is 0.562. The van der Waals surface area contributed by atoms with Gasteiger partial charge in [0, 0.05) is 11.1 Å². The van der Waals surface area contributed by atoms with Crippen molar-refractivity contribution in [2.75, 3.05) is 19.8 Å². The number of ether oxygens (including phenoxy) is 1. The van der Waals surface area contributed by atoms with Gasteiger partial charge in [0.05, 0.1) is 25.2 Å². The zero-order valence-corrected chi connectivity index (χ0v) is 13.3. The summed E-state index contributed by atoms with van der Waals surface area (Å²) in [7, 11) is 0. The number of carbonyl (C=O) groups excluding carboxylic acids is 1. The van der Waals surface area contributed by atoms with Crippen LogP contribution in [0.25, 0.3) is 0 Å². The SMILES string of the molecule is CCCNC1COCC1C(=O)N[C@H](C)c1ccccc1Cl. The van der Waals surface area contributed by atoms with Crippen molar-refractivity contribution in [3.05, 3.63) is 34.9 Å². The van der Waals surface area contributed by atoms with E-state index in [-0.39, 0.29) is 23.9 Å². The number of nitrogens with one attached hydrogen (secondary N) is 2. The van der Waals surface area contributed by atoms with Crippen LogP contribution in [0.2, 0.25) is 5.02 Å². The van der Waals surface area contributed by atoms with Gasteiger partial charge in [-0.3, -0.25) is 4.79 Å². The van der Waals surface area contributed by atoms with Gasteiger partial charge in [0.2, 0.25) is 5.91 Å². The Balaban J connectivity index is 1.96. The van der Waals surface area contributed by atoms with Crippen LogP contribution in [0.3, 0.4) is 0 Å². The Morgan fingerprint density at radius 3 is 2.90 bits per heavy atom. The fourth-order valence-corrected chi connectivity index (χ4v) is 2.87. The first kappa shape index (κ1) is 16.3. The number of carbonyl (C=O) groups is 1. The van der Waals surface area contributed by atoms with E-state index in [2.05, 4.69) is 17.6 Å². The molecule has 1 heterocycles. The van der Waals surface area contributed by atoms with Crippen molar-refractivity contribution in [2.45, 2.75) is 32.4 Å². The number of rotatable bonds is 6. The third-order valence-electron chi connectivity index (χ3n) is 3.80. The lowest BCUT2D eigenvalue weighted by atomic mass is 10.0. The quantitative estimate of drug-likeness (QED) is 0.849. The molecule has 21 heavy (non-hydrogen) atoms. The maximum atomic E-state index is 12.4. The lowest BCUT2D eigenvalue weighted by Gasteiger charge is -2.22. The van der Waals surface area contributed by atoms with Gasteiger partial charge in [0.25, 0.3) is 0 Å². The highest BCUT2D eigenvalue weighted by Crippen LogP contribution is 2.23. The third-order valence-corrected chi connectivity index (χ3v) is 4.15. The van der Waals surface area contributed by atoms with E-state index in [4.69, 9.17) is 16.3 Å². The Morgan fingerprint density at radius 1 is 1.43 bits per heavy atom. The van der Waals surface area contributed by atoms with Crippen LogP contribution in [0.4, 0.5) is 0 Å². The predicted octanol–water partition coefficient (Wildman–Crippen LogP) is 2.53. The summed E-state index contributed by atoms with van der Waals surface area (Å²) in [5.41, 5.74) is 0.935. The van der Waals surface area contributed by atoms with Crippen molar-refractivity contribution in [2.24, 2.45) is 5.92 Å². The molecule has 2 unspecified atom stereocenters. The molecule has 1 saturated heterocycles. The van der Waals surface area contributed by atoms with E-state index < -0.39 is 0 Å². The van der Waals surface area contributed by atoms with Gasteiger partial charge in [-0.15, -0.1) is 0 Å². The van der Waals surface area contributed by atoms with Crippen molar-refractivity contribution < 1.29 is 9.53 Å². The second kappa shape index (κ2) is 7.78. The van der Waals surface area contributed by atoms with E-state index >= 15 is 0 Å². The third kappa shape index (κ3) is 4.19. The van der Waals surface area contributed by atoms with Crippen molar-refractivity contribution in [1.82, 2.24) is 10.6 Å². The van der Waals surface area contributed by atoms with Gasteiger partial charge in [-0.2, -0.15) is 0 Å². The van der Waals surface area contributed by atoms with Gasteiger partial charge in [-0.25, -0.2) is 0 Å². The molecule has 1 amide bonds. The maximum absolute atomic E-state index is 12.4. The second-order valence-electron chi connectivity index (χ2n) is 5.46. The minimum Gasteiger partial charge on any atom is -0.379 e. The van der Waals surface area contributed by atoms with E-state index in [0.717, 1.165) is 18.5 Å². The summed E-state index contributed by atoms with van der Waals surface area (Å²) in [6.07, 6.45) is 1.04. The first-order valence-corrected chi connectivity index (χ1v) is 7.87. The summed E-state index contributed by atoms with van der Waals surface area (Å²) in [4.78, 5) is 12.4. The molecule has 5 heteroatoms. The van der Waals surface area contributed by atoms with Crippen LogP contribution in [0.1, 0.15) is 31.9 Å². The molecule has 0 aromatic heterocycles. The minimum absolute atomic E-state index is 0.0218. The first-order chi connectivity index (χ1) is 10.1. The van der Waals surface area contributed by atoms with Crippen LogP contribution in [0.5, 0.6) is 0 Å². The molecule has 2 rings (SSSR count). The van der Waals surface area contributed by atoms with Crippen molar-refractivity contribution in [3.63, 3.8) is 0 Å². The van der Waals surface area contributed by atoms with E-state index in [9.17, 15) is 4.79 Å². The van der Waals surface area contributed by atoms with Gasteiger partial charge in [-0.05, 0) is 31.5 Å². The lowest BCUT2D eigenvalue weighted by Crippen LogP contribution is -2.44. The number of hydrogen-bond donors (Lipinski definition) is 2. The van der Waals surface area contributed by atoms with Gasteiger partial charge < -0.3 is 15.4 Å². The molecular weight excluding hydrogens is 288 g/mol. The van der Waals surface area contributed by atoms with Gasteiger partial charge in [0.15, 0.2) is 0 Å². The average molecular weight is 311 g/mol. The Labute approximate surface area is 131 Å². The van der Waals surface area contributed by atoms with Crippen LogP contribution >= 0.6 is 11.6 Å². The second-order valence-corrected chi connectivity index (χ2v) is 5.86. The number of amides is 1. The summed E-state index contributed by atoms with van der Waals surface area (Å²) in [6.45, 7) is 6.03. The molecular formula is C16H23ClN2O2. The number of benzene rings is 1. The maximum Gasteiger partial charge on any atom is 0.227 e. The van der Waals surface area contributed by atoms with Gasteiger partial charge >= 0.3 is 0 Å². The summed E-state index contributed by atoms with van der Waals surface area (Å²) in [5.74, 6) is -0.116. The van der Waals surface area contributed by atoms with E-state index in [0.29, 0.717) is 18.2 Å². The summed E-state index contributed by atoms with van der Waals surface area (Å²) >= 11 is 6.17. The first-order valence-electron chi connectivity index (χ1n) is 7.49. The summed E-state index contributed by atoms with van der Waals surface area (Å²) < 4.78 is 5.45. The van der Waals surface area contributed by atoms with Crippen molar-refractivity contribution >= 4 is 17.5 Å². The Kier molecular flexibility index (Phi) is 6.03. The van der Waals surface area contributed by atoms with Crippen LogP contribution in [0.15, 0.2) is 24.3 Å². The molecule has 1 aliphatic heterocycles. The van der Waals surface area contributed by atoms with Crippen LogP contribution in [-0.2, 0) is 9.53 Å². The van der Waals surface area contributed by atoms with Crippen LogP contribution in [0, 0.1) is 5.92 Å². The predicted molar refractivity (Wildman–Crippen MR) is 84.4 cm³/mol. The number of halogens is 1. The molecule has 3 atom stereocenters. The highest BCUT2D eigenvalue weighted by molar-refractivity contribution is 6.31. The average Bonchev–Trinajstić information content (AvgIpc) is 2.93. The molecule has 0 spiro atoms. The smallest absolute Gasteiger partial charge is 0.227 e. The molecule has 2 N–H and O–H groups in total. The largest absolute Gasteiger partial charge is 0.379 e.